The second kappa shape index (κ2) is 7.38. The van der Waals surface area contributed by atoms with E-state index >= 15 is 0 Å². The molecule has 0 spiro atoms. The maximum absolute atomic E-state index is 13.8. The van der Waals surface area contributed by atoms with E-state index in [2.05, 4.69) is 0 Å². The third-order valence-electron chi connectivity index (χ3n) is 4.82. The quantitative estimate of drug-likeness (QED) is 0.591. The molecule has 2 aromatic carbocycles. The normalized spacial score (nSPS) is 13.6. The molecule has 1 aromatic heterocycles. The summed E-state index contributed by atoms with van der Waals surface area (Å²) in [6.07, 6.45) is 3.98. The Morgan fingerprint density at radius 3 is 2.68 bits per heavy atom. The van der Waals surface area contributed by atoms with E-state index in [9.17, 15) is 9.18 Å². The minimum absolute atomic E-state index is 0.155. The average molecular weight is 380 g/mol. The Kier molecular flexibility index (Phi) is 4.77. The standard InChI is InChI=1S/C22H21FN2O3/c1-25-13-18-17-11-16(24)6-8-20(17)28-19-7-5-15(23)10-14(19)4-2-3-9-27-21(18)12-22(25)26/h5-8,10-13H,2-4,9,24H2,1H3. The van der Waals surface area contributed by atoms with Crippen LogP contribution in [0.4, 0.5) is 10.1 Å². The van der Waals surface area contributed by atoms with E-state index in [0.717, 1.165) is 18.4 Å². The summed E-state index contributed by atoms with van der Waals surface area (Å²) in [5, 5.41) is 0. The van der Waals surface area contributed by atoms with Gasteiger partial charge < -0.3 is 19.8 Å². The summed E-state index contributed by atoms with van der Waals surface area (Å²) >= 11 is 0. The lowest BCUT2D eigenvalue weighted by Crippen LogP contribution is -2.16. The second-order valence-electron chi connectivity index (χ2n) is 6.92. The zero-order chi connectivity index (χ0) is 19.7. The molecule has 0 radical (unpaired) electrons. The van der Waals surface area contributed by atoms with Crippen molar-refractivity contribution in [1.29, 1.82) is 0 Å². The molecule has 0 saturated carbocycles. The van der Waals surface area contributed by atoms with Crippen LogP contribution in [0.3, 0.4) is 0 Å². The molecule has 1 aliphatic heterocycles. The SMILES string of the molecule is Cn1cc2c(cc1=O)OCCCCc1cc(F)ccc1Oc1ccc(N)cc1-2. The Labute approximate surface area is 162 Å². The zero-order valence-corrected chi connectivity index (χ0v) is 15.6. The number of ether oxygens (including phenoxy) is 2. The molecule has 1 aliphatic rings. The number of halogens is 1. The van der Waals surface area contributed by atoms with Crippen molar-refractivity contribution < 1.29 is 13.9 Å². The van der Waals surface area contributed by atoms with Gasteiger partial charge in [-0.1, -0.05) is 0 Å². The van der Waals surface area contributed by atoms with Crippen LogP contribution in [-0.4, -0.2) is 11.2 Å². The number of hydrogen-bond donors (Lipinski definition) is 1. The van der Waals surface area contributed by atoms with Crippen LogP contribution >= 0.6 is 0 Å². The van der Waals surface area contributed by atoms with Crippen LogP contribution in [0.1, 0.15) is 18.4 Å². The van der Waals surface area contributed by atoms with Gasteiger partial charge in [0.2, 0.25) is 0 Å². The lowest BCUT2D eigenvalue weighted by Gasteiger charge is -2.19. The van der Waals surface area contributed by atoms with Crippen molar-refractivity contribution in [2.45, 2.75) is 19.3 Å². The number of aromatic nitrogens is 1. The number of fused-ring (bicyclic) bond motifs is 4. The summed E-state index contributed by atoms with van der Waals surface area (Å²) in [7, 11) is 1.68. The lowest BCUT2D eigenvalue weighted by molar-refractivity contribution is 0.306. The van der Waals surface area contributed by atoms with Crippen molar-refractivity contribution in [3.05, 3.63) is 70.4 Å². The number of rotatable bonds is 0. The summed E-state index contributed by atoms with van der Waals surface area (Å²) in [5.74, 6) is 1.38. The molecule has 2 heterocycles. The van der Waals surface area contributed by atoms with Crippen molar-refractivity contribution >= 4 is 5.69 Å². The van der Waals surface area contributed by atoms with Crippen molar-refractivity contribution in [2.75, 3.05) is 12.3 Å². The number of nitrogens with zero attached hydrogens (tertiary/aromatic N) is 1. The summed E-state index contributed by atoms with van der Waals surface area (Å²) in [6, 6.07) is 11.3. The van der Waals surface area contributed by atoms with Gasteiger partial charge in [-0.3, -0.25) is 4.79 Å². The molecule has 0 amide bonds. The molecular formula is C22H21FN2O3. The van der Waals surface area contributed by atoms with Crippen LogP contribution in [0.5, 0.6) is 17.2 Å². The summed E-state index contributed by atoms with van der Waals surface area (Å²) in [4.78, 5) is 12.1. The molecule has 28 heavy (non-hydrogen) atoms. The molecule has 0 bridgehead atoms. The molecule has 0 aliphatic carbocycles. The van der Waals surface area contributed by atoms with Crippen LogP contribution in [-0.2, 0) is 13.5 Å². The number of nitrogen functional groups attached to an aromatic ring is 1. The van der Waals surface area contributed by atoms with Crippen molar-refractivity contribution in [3.63, 3.8) is 0 Å². The largest absolute Gasteiger partial charge is 0.493 e. The van der Waals surface area contributed by atoms with Gasteiger partial charge in [-0.15, -0.1) is 0 Å². The third kappa shape index (κ3) is 3.58. The number of anilines is 1. The Bertz CT molecular complexity index is 1090. The molecule has 0 unspecified atom stereocenters. The van der Waals surface area contributed by atoms with Crippen LogP contribution in [0.2, 0.25) is 0 Å². The smallest absolute Gasteiger partial charge is 0.254 e. The zero-order valence-electron chi connectivity index (χ0n) is 15.6. The van der Waals surface area contributed by atoms with E-state index in [-0.39, 0.29) is 11.4 Å². The first-order chi connectivity index (χ1) is 13.5. The molecule has 144 valence electrons. The first-order valence-electron chi connectivity index (χ1n) is 9.21. The molecular weight excluding hydrogens is 359 g/mol. The van der Waals surface area contributed by atoms with E-state index in [4.69, 9.17) is 15.2 Å². The monoisotopic (exact) mass is 380 g/mol. The minimum atomic E-state index is -0.288. The highest BCUT2D eigenvalue weighted by Gasteiger charge is 2.17. The van der Waals surface area contributed by atoms with Gasteiger partial charge in [-0.25, -0.2) is 4.39 Å². The van der Waals surface area contributed by atoms with Gasteiger partial charge in [0, 0.05) is 36.1 Å². The molecule has 4 rings (SSSR count). The predicted molar refractivity (Wildman–Crippen MR) is 106 cm³/mol. The topological polar surface area (TPSA) is 66.5 Å². The molecule has 0 saturated heterocycles. The average Bonchev–Trinajstić information content (AvgIpc) is 2.66. The first-order valence-corrected chi connectivity index (χ1v) is 9.21. The van der Waals surface area contributed by atoms with Crippen molar-refractivity contribution in [2.24, 2.45) is 7.05 Å². The van der Waals surface area contributed by atoms with E-state index in [1.165, 1.54) is 22.8 Å². The van der Waals surface area contributed by atoms with Crippen LogP contribution in [0, 0.1) is 5.82 Å². The highest BCUT2D eigenvalue weighted by Crippen LogP contribution is 2.40. The van der Waals surface area contributed by atoms with E-state index < -0.39 is 0 Å². The first kappa shape index (κ1) is 18.1. The van der Waals surface area contributed by atoms with Gasteiger partial charge in [-0.05, 0) is 61.2 Å². The van der Waals surface area contributed by atoms with Gasteiger partial charge in [0.1, 0.15) is 23.1 Å². The van der Waals surface area contributed by atoms with E-state index in [1.54, 1.807) is 37.5 Å². The van der Waals surface area contributed by atoms with Gasteiger partial charge in [0.25, 0.3) is 5.56 Å². The number of hydrogen-bond acceptors (Lipinski definition) is 4. The summed E-state index contributed by atoms with van der Waals surface area (Å²) in [5.41, 5.74) is 8.67. The number of aryl methyl sites for hydroxylation is 2. The van der Waals surface area contributed by atoms with Crippen LogP contribution in [0.25, 0.3) is 11.1 Å². The molecule has 0 fully saturated rings. The van der Waals surface area contributed by atoms with Gasteiger partial charge in [-0.2, -0.15) is 0 Å². The van der Waals surface area contributed by atoms with Gasteiger partial charge in [0.15, 0.2) is 0 Å². The van der Waals surface area contributed by atoms with Gasteiger partial charge >= 0.3 is 0 Å². The molecule has 5 nitrogen and oxygen atoms in total. The Morgan fingerprint density at radius 2 is 1.82 bits per heavy atom. The molecule has 6 heteroatoms. The van der Waals surface area contributed by atoms with E-state index in [1.807, 2.05) is 0 Å². The van der Waals surface area contributed by atoms with Crippen molar-refractivity contribution in [1.82, 2.24) is 4.57 Å². The molecule has 3 aromatic rings. The summed E-state index contributed by atoms with van der Waals surface area (Å²) < 4.78 is 27.4. The fraction of sp³-hybridized carbons (Fsp3) is 0.227. The summed E-state index contributed by atoms with van der Waals surface area (Å²) in [6.45, 7) is 0.462. The Morgan fingerprint density at radius 1 is 1.00 bits per heavy atom. The number of nitrogens with two attached hydrogens (primary N) is 1. The van der Waals surface area contributed by atoms with E-state index in [0.29, 0.717) is 47.1 Å². The molecule has 2 N–H and O–H groups in total. The predicted octanol–water partition coefficient (Wildman–Crippen LogP) is 4.28. The maximum Gasteiger partial charge on any atom is 0.254 e. The number of pyridine rings is 1. The Balaban J connectivity index is 1.92. The Hall–Kier alpha value is -3.28. The molecule has 0 atom stereocenters. The minimum Gasteiger partial charge on any atom is -0.493 e. The lowest BCUT2D eigenvalue weighted by atomic mass is 10.0. The van der Waals surface area contributed by atoms with Crippen LogP contribution < -0.4 is 20.8 Å². The van der Waals surface area contributed by atoms with Crippen LogP contribution in [0.15, 0.2) is 53.5 Å². The fourth-order valence-electron chi connectivity index (χ4n) is 3.34. The van der Waals surface area contributed by atoms with Crippen molar-refractivity contribution in [3.8, 4) is 28.4 Å². The maximum atomic E-state index is 13.8. The highest BCUT2D eigenvalue weighted by molar-refractivity contribution is 5.78. The number of benzene rings is 2. The van der Waals surface area contributed by atoms with Gasteiger partial charge in [0.05, 0.1) is 6.61 Å². The third-order valence-corrected chi connectivity index (χ3v) is 4.82. The fourth-order valence-corrected chi connectivity index (χ4v) is 3.34. The highest BCUT2D eigenvalue weighted by atomic mass is 19.1. The second-order valence-corrected chi connectivity index (χ2v) is 6.92.